The number of fused-ring (bicyclic) bond motifs is 5. The number of nitrogens with one attached hydrogen (secondary N) is 1. The highest BCUT2D eigenvalue weighted by Gasteiger charge is 2.44. The van der Waals surface area contributed by atoms with Gasteiger partial charge in [0.15, 0.2) is 16.6 Å². The van der Waals surface area contributed by atoms with E-state index in [-0.39, 0.29) is 41.1 Å². The highest BCUT2D eigenvalue weighted by molar-refractivity contribution is 7.16. The molecule has 3 aromatic rings. The number of imidazole rings is 1. The van der Waals surface area contributed by atoms with Gasteiger partial charge in [-0.2, -0.15) is 9.97 Å². The first-order chi connectivity index (χ1) is 16.4. The van der Waals surface area contributed by atoms with Gasteiger partial charge in [0.1, 0.15) is 5.52 Å². The van der Waals surface area contributed by atoms with E-state index in [4.69, 9.17) is 17.3 Å². The van der Waals surface area contributed by atoms with Gasteiger partial charge in [-0.05, 0) is 50.1 Å². The maximum atomic E-state index is 13.0. The first kappa shape index (κ1) is 21.5. The van der Waals surface area contributed by atoms with Crippen LogP contribution in [0.2, 0.25) is 5.28 Å². The number of hydrogen-bond donors (Lipinski definition) is 3. The lowest BCUT2D eigenvalue weighted by atomic mass is 9.85. The predicted octanol–water partition coefficient (Wildman–Crippen LogP) is 3.63. The van der Waals surface area contributed by atoms with Crippen molar-refractivity contribution in [3.8, 4) is 0 Å². The SMILES string of the molecule is Nc1nc(Cl)nc2c1ncn2C1CCC(C(=O)Nc2nc3c(s2)[C@H]2CC[C@@H](C3)N2C(=O)O)CC1. The van der Waals surface area contributed by atoms with Gasteiger partial charge >= 0.3 is 6.09 Å². The fourth-order valence-electron chi connectivity index (χ4n) is 5.68. The molecule has 0 spiro atoms. The number of nitrogens with zero attached hydrogens (tertiary/aromatic N) is 6. The first-order valence-corrected chi connectivity index (χ1v) is 12.6. The average molecular weight is 503 g/mol. The van der Waals surface area contributed by atoms with Gasteiger partial charge in [0.25, 0.3) is 0 Å². The number of nitrogen functional groups attached to an aromatic ring is 1. The van der Waals surface area contributed by atoms with E-state index in [1.165, 1.54) is 11.3 Å². The smallest absolute Gasteiger partial charge is 0.408 e. The Hall–Kier alpha value is -2.99. The summed E-state index contributed by atoms with van der Waals surface area (Å²) < 4.78 is 1.98. The molecule has 6 rings (SSSR count). The highest BCUT2D eigenvalue weighted by atomic mass is 35.5. The molecular weight excluding hydrogens is 480 g/mol. The third-order valence-corrected chi connectivity index (χ3v) is 8.58. The molecule has 2 atom stereocenters. The number of nitrogens with two attached hydrogens (primary N) is 1. The molecule has 178 valence electrons. The second kappa shape index (κ2) is 8.05. The minimum atomic E-state index is -0.879. The Balaban J connectivity index is 1.12. The molecule has 13 heteroatoms. The number of aromatic nitrogens is 5. The van der Waals surface area contributed by atoms with Crippen molar-refractivity contribution in [3.63, 3.8) is 0 Å². The van der Waals surface area contributed by atoms with Gasteiger partial charge in [0.05, 0.1) is 22.9 Å². The van der Waals surface area contributed by atoms with Crippen molar-refractivity contribution in [2.75, 3.05) is 11.1 Å². The van der Waals surface area contributed by atoms with E-state index in [0.717, 1.165) is 49.1 Å². The monoisotopic (exact) mass is 502 g/mol. The third-order valence-electron chi connectivity index (χ3n) is 7.29. The van der Waals surface area contributed by atoms with Crippen LogP contribution in [0.4, 0.5) is 15.7 Å². The summed E-state index contributed by atoms with van der Waals surface area (Å²) in [4.78, 5) is 44.4. The number of carbonyl (C=O) groups is 2. The molecule has 2 fully saturated rings. The Morgan fingerprint density at radius 3 is 2.65 bits per heavy atom. The second-order valence-corrected chi connectivity index (χ2v) is 10.5. The molecule has 3 aliphatic rings. The van der Waals surface area contributed by atoms with Crippen molar-refractivity contribution in [3.05, 3.63) is 22.2 Å². The van der Waals surface area contributed by atoms with Crippen LogP contribution in [0.25, 0.3) is 11.2 Å². The molecule has 1 saturated heterocycles. The number of amides is 2. The summed E-state index contributed by atoms with van der Waals surface area (Å²) in [6.45, 7) is 0. The molecule has 4 N–H and O–H groups in total. The van der Waals surface area contributed by atoms with Crippen LogP contribution in [-0.4, -0.2) is 52.6 Å². The molecule has 2 bridgehead atoms. The molecular formula is C21H23ClN8O3S. The summed E-state index contributed by atoms with van der Waals surface area (Å²) >= 11 is 7.39. The van der Waals surface area contributed by atoms with E-state index >= 15 is 0 Å². The Morgan fingerprint density at radius 1 is 1.12 bits per heavy atom. The topological polar surface area (TPSA) is 152 Å². The molecule has 11 nitrogen and oxygen atoms in total. The number of anilines is 2. The standard InChI is InChI=1S/C21H23ClN8O3S/c22-19-26-16(23)14-17(27-19)29(8-24-14)10-3-1-9(2-4-10)18(31)28-20-25-12-7-11-5-6-13(15(12)34-20)30(11)21(32)33/h8-11,13H,1-7H2,(H,32,33)(H2,23,26,27)(H,25,28,31)/t9?,10?,11-,13+/m0/s1. The number of carbonyl (C=O) groups excluding carboxylic acids is 1. The molecule has 2 amide bonds. The largest absolute Gasteiger partial charge is 0.465 e. The quantitative estimate of drug-likeness (QED) is 0.459. The maximum absolute atomic E-state index is 13.0. The van der Waals surface area contributed by atoms with Gasteiger partial charge in [-0.15, -0.1) is 0 Å². The zero-order valence-corrected chi connectivity index (χ0v) is 19.7. The Bertz CT molecular complexity index is 1300. The van der Waals surface area contributed by atoms with E-state index < -0.39 is 6.09 Å². The fourth-order valence-corrected chi connectivity index (χ4v) is 6.98. The number of hydrogen-bond acceptors (Lipinski definition) is 8. The third kappa shape index (κ3) is 3.47. The molecule has 0 aromatic carbocycles. The Kier molecular flexibility index (Phi) is 5.10. The molecule has 5 heterocycles. The summed E-state index contributed by atoms with van der Waals surface area (Å²) in [5.41, 5.74) is 7.99. The van der Waals surface area contributed by atoms with Crippen LogP contribution in [0.3, 0.4) is 0 Å². The molecule has 3 aromatic heterocycles. The Labute approximate surface area is 203 Å². The van der Waals surface area contributed by atoms with Crippen LogP contribution < -0.4 is 11.1 Å². The van der Waals surface area contributed by atoms with Crippen LogP contribution in [0.5, 0.6) is 0 Å². The van der Waals surface area contributed by atoms with Crippen molar-refractivity contribution < 1.29 is 14.7 Å². The lowest BCUT2D eigenvalue weighted by Gasteiger charge is -2.31. The minimum absolute atomic E-state index is 0.00862. The number of rotatable bonds is 3. The number of halogens is 1. The molecule has 2 aliphatic heterocycles. The van der Waals surface area contributed by atoms with E-state index in [9.17, 15) is 14.7 Å². The van der Waals surface area contributed by atoms with Gasteiger partial charge in [-0.3, -0.25) is 9.69 Å². The van der Waals surface area contributed by atoms with Crippen molar-refractivity contribution in [1.82, 2.24) is 29.4 Å². The van der Waals surface area contributed by atoms with Crippen molar-refractivity contribution in [1.29, 1.82) is 0 Å². The summed E-state index contributed by atoms with van der Waals surface area (Å²) in [5.74, 6) is 0.116. The van der Waals surface area contributed by atoms with Crippen LogP contribution >= 0.6 is 22.9 Å². The normalized spacial score (nSPS) is 26.0. The van der Waals surface area contributed by atoms with Crippen LogP contribution in [0.1, 0.15) is 61.2 Å². The van der Waals surface area contributed by atoms with Crippen molar-refractivity contribution in [2.24, 2.45) is 5.92 Å². The first-order valence-electron chi connectivity index (χ1n) is 11.4. The lowest BCUT2D eigenvalue weighted by molar-refractivity contribution is -0.121. The van der Waals surface area contributed by atoms with E-state index in [1.54, 1.807) is 11.2 Å². The molecule has 0 unspecified atom stereocenters. The van der Waals surface area contributed by atoms with Gasteiger partial charge in [-0.25, -0.2) is 14.8 Å². The van der Waals surface area contributed by atoms with Gasteiger partial charge in [0, 0.05) is 24.4 Å². The average Bonchev–Trinajstić information content (AvgIpc) is 3.49. The number of thiazole rings is 1. The summed E-state index contributed by atoms with van der Waals surface area (Å²) in [7, 11) is 0. The minimum Gasteiger partial charge on any atom is -0.465 e. The van der Waals surface area contributed by atoms with E-state index in [1.807, 2.05) is 4.57 Å². The molecule has 34 heavy (non-hydrogen) atoms. The number of carboxylic acid groups (broad SMARTS) is 1. The zero-order valence-electron chi connectivity index (χ0n) is 18.1. The van der Waals surface area contributed by atoms with Crippen LogP contribution in [0.15, 0.2) is 6.33 Å². The highest BCUT2D eigenvalue weighted by Crippen LogP contribution is 2.47. The second-order valence-electron chi connectivity index (χ2n) is 9.17. The molecule has 1 saturated carbocycles. The van der Waals surface area contributed by atoms with Gasteiger partial charge < -0.3 is 20.7 Å². The molecule has 0 radical (unpaired) electrons. The van der Waals surface area contributed by atoms with Gasteiger partial charge in [0.2, 0.25) is 11.2 Å². The van der Waals surface area contributed by atoms with E-state index in [2.05, 4.69) is 25.3 Å². The van der Waals surface area contributed by atoms with Crippen LogP contribution in [-0.2, 0) is 11.2 Å². The molecule has 1 aliphatic carbocycles. The maximum Gasteiger partial charge on any atom is 0.408 e. The van der Waals surface area contributed by atoms with Gasteiger partial charge in [-0.1, -0.05) is 11.3 Å². The van der Waals surface area contributed by atoms with Crippen molar-refractivity contribution >= 4 is 57.1 Å². The van der Waals surface area contributed by atoms with Crippen molar-refractivity contribution in [2.45, 2.75) is 63.1 Å². The summed E-state index contributed by atoms with van der Waals surface area (Å²) in [5, 5.41) is 13.2. The zero-order chi connectivity index (χ0) is 23.6. The Morgan fingerprint density at radius 2 is 1.88 bits per heavy atom. The lowest BCUT2D eigenvalue weighted by Crippen LogP contribution is -2.40. The fraction of sp³-hybridized carbons (Fsp3) is 0.524. The van der Waals surface area contributed by atoms with Crippen LogP contribution in [0, 0.1) is 5.92 Å². The van der Waals surface area contributed by atoms with E-state index in [0.29, 0.717) is 22.7 Å². The summed E-state index contributed by atoms with van der Waals surface area (Å²) in [6, 6.07) is 0.0102. The predicted molar refractivity (Wildman–Crippen MR) is 126 cm³/mol. The summed E-state index contributed by atoms with van der Waals surface area (Å²) in [6.07, 6.45) is 6.19.